The number of hydrogen-bond acceptors (Lipinski definition) is 3. The average molecular weight is 585 g/mol. The van der Waals surface area contributed by atoms with Crippen LogP contribution >= 0.6 is 19.5 Å². The topological polar surface area (TPSA) is 51.2 Å². The molecule has 4 aromatic rings. The molecule has 212 valence electrons. The van der Waals surface area contributed by atoms with Gasteiger partial charge in [0.2, 0.25) is 0 Å². The molecule has 0 unspecified atom stereocenters. The van der Waals surface area contributed by atoms with Crippen LogP contribution in [0.4, 0.5) is 0 Å². The molecule has 4 rings (SSSR count). The third-order valence-corrected chi connectivity index (χ3v) is 9.34. The summed E-state index contributed by atoms with van der Waals surface area (Å²) in [5.74, 6) is 0. The first-order valence-electron chi connectivity index (χ1n) is 13.6. The number of hydrogen-bond donors (Lipinski definition) is 0. The Bertz CT molecular complexity index is 1500. The van der Waals surface area contributed by atoms with E-state index in [2.05, 4.69) is 0 Å². The van der Waals surface area contributed by atoms with Crippen molar-refractivity contribution >= 4 is 41.1 Å². The molecule has 0 aliphatic heterocycles. The van der Waals surface area contributed by atoms with Crippen LogP contribution < -0.4 is 5.30 Å². The SMILES string of the molecule is Cc1cc(C)c(C(=O)Cl)c(C)c1.Cc1cc(C)c(C(=O)P(C(=O)c2c(C)cc(C)cc2C)c2ccccc2)c(C)c1. The second-order valence-corrected chi connectivity index (χ2v) is 13.2. The molecule has 0 aliphatic rings. The molecule has 0 saturated carbocycles. The summed E-state index contributed by atoms with van der Waals surface area (Å²) in [6.07, 6.45) is 0. The lowest BCUT2D eigenvalue weighted by molar-refractivity contribution is 0.104. The summed E-state index contributed by atoms with van der Waals surface area (Å²) in [7, 11) is -1.69. The normalized spacial score (nSPS) is 10.7. The molecule has 0 aliphatic carbocycles. The molecule has 3 nitrogen and oxygen atoms in total. The smallest absolute Gasteiger partial charge is 0.252 e. The summed E-state index contributed by atoms with van der Waals surface area (Å²) in [5.41, 5.74) is 10.9. The van der Waals surface area contributed by atoms with Crippen LogP contribution in [0.2, 0.25) is 0 Å². The van der Waals surface area contributed by atoms with Gasteiger partial charge in [0, 0.05) is 16.7 Å². The van der Waals surface area contributed by atoms with Crippen LogP contribution in [0.5, 0.6) is 0 Å². The number of carbonyl (C=O) groups excluding carboxylic acids is 3. The highest BCUT2D eigenvalue weighted by atomic mass is 35.5. The van der Waals surface area contributed by atoms with Gasteiger partial charge in [-0.25, -0.2) is 0 Å². The third kappa shape index (κ3) is 7.47. The zero-order valence-corrected chi connectivity index (χ0v) is 27.1. The van der Waals surface area contributed by atoms with Crippen LogP contribution in [-0.2, 0) is 0 Å². The van der Waals surface area contributed by atoms with Crippen LogP contribution in [-0.4, -0.2) is 16.3 Å². The van der Waals surface area contributed by atoms with E-state index in [1.165, 1.54) is 0 Å². The Morgan fingerprint density at radius 2 is 0.780 bits per heavy atom. The quantitative estimate of drug-likeness (QED) is 0.168. The van der Waals surface area contributed by atoms with Crippen molar-refractivity contribution < 1.29 is 14.4 Å². The molecule has 0 N–H and O–H groups in total. The van der Waals surface area contributed by atoms with Crippen molar-refractivity contribution in [2.45, 2.75) is 62.3 Å². The summed E-state index contributed by atoms with van der Waals surface area (Å²) in [6.45, 7) is 17.7. The Hall–Kier alpha value is -3.39. The van der Waals surface area contributed by atoms with Gasteiger partial charge in [-0.2, -0.15) is 0 Å². The number of halogens is 1. The maximum absolute atomic E-state index is 13.8. The molecular weight excluding hydrogens is 547 g/mol. The second kappa shape index (κ2) is 13.5. The summed E-state index contributed by atoms with van der Waals surface area (Å²) in [5, 5.41) is 0.432. The summed E-state index contributed by atoms with van der Waals surface area (Å²) in [4.78, 5) is 38.6. The molecule has 0 fully saturated rings. The van der Waals surface area contributed by atoms with E-state index in [4.69, 9.17) is 11.6 Å². The molecule has 0 aromatic heterocycles. The van der Waals surface area contributed by atoms with Gasteiger partial charge in [-0.1, -0.05) is 83.4 Å². The number of benzene rings is 4. The molecule has 0 bridgehead atoms. The van der Waals surface area contributed by atoms with Crippen LogP contribution in [0.25, 0.3) is 0 Å². The molecule has 41 heavy (non-hydrogen) atoms. The predicted molar refractivity (Wildman–Crippen MR) is 174 cm³/mol. The van der Waals surface area contributed by atoms with E-state index < -0.39 is 7.92 Å². The molecule has 0 radical (unpaired) electrons. The van der Waals surface area contributed by atoms with Crippen molar-refractivity contribution in [2.24, 2.45) is 0 Å². The van der Waals surface area contributed by atoms with Gasteiger partial charge < -0.3 is 0 Å². The molecule has 0 spiro atoms. The van der Waals surface area contributed by atoms with Crippen molar-refractivity contribution in [1.82, 2.24) is 0 Å². The van der Waals surface area contributed by atoms with Gasteiger partial charge in [0.1, 0.15) is 0 Å². The van der Waals surface area contributed by atoms with Gasteiger partial charge >= 0.3 is 0 Å². The van der Waals surface area contributed by atoms with Crippen LogP contribution in [0.3, 0.4) is 0 Å². The fourth-order valence-electron chi connectivity index (χ4n) is 5.65. The van der Waals surface area contributed by atoms with E-state index in [1.54, 1.807) is 0 Å². The monoisotopic (exact) mass is 584 g/mol. The van der Waals surface area contributed by atoms with Crippen LogP contribution in [0.1, 0.15) is 81.1 Å². The minimum atomic E-state index is -1.69. The summed E-state index contributed by atoms with van der Waals surface area (Å²) < 4.78 is 0. The van der Waals surface area contributed by atoms with Gasteiger partial charge in [-0.05, 0) is 113 Å². The van der Waals surface area contributed by atoms with E-state index in [1.807, 2.05) is 129 Å². The lowest BCUT2D eigenvalue weighted by atomic mass is 10.0. The fraction of sp³-hybridized carbons (Fsp3) is 0.250. The highest BCUT2D eigenvalue weighted by Gasteiger charge is 2.33. The number of aryl methyl sites for hydroxylation is 9. The van der Waals surface area contributed by atoms with Crippen LogP contribution in [0.15, 0.2) is 66.7 Å². The van der Waals surface area contributed by atoms with E-state index in [-0.39, 0.29) is 16.3 Å². The first-order chi connectivity index (χ1) is 19.2. The lowest BCUT2D eigenvalue weighted by Crippen LogP contribution is -2.19. The van der Waals surface area contributed by atoms with E-state index >= 15 is 0 Å². The van der Waals surface area contributed by atoms with Crippen molar-refractivity contribution in [3.8, 4) is 0 Å². The molecule has 4 aromatic carbocycles. The average Bonchev–Trinajstić information content (AvgIpc) is 2.83. The molecular formula is C36H38ClO3P. The standard InChI is InChI=1S/C26H27O2P.C10H11ClO/c1-16-12-18(3)23(19(4)13-16)25(27)29(22-10-8-7-9-11-22)26(28)24-20(5)14-17(2)15-21(24)6;1-6-4-7(2)9(10(11)12)8(3)5-6/h7-15H,1-6H3;4-5H,1-3H3. The minimum absolute atomic E-state index is 0.0643. The van der Waals surface area contributed by atoms with Gasteiger partial charge in [0.15, 0.2) is 11.0 Å². The summed E-state index contributed by atoms with van der Waals surface area (Å²) in [6, 6.07) is 21.5. The maximum atomic E-state index is 13.8. The zero-order valence-electron chi connectivity index (χ0n) is 25.4. The molecule has 0 amide bonds. The second-order valence-electron chi connectivity index (χ2n) is 10.9. The Morgan fingerprint density at radius 1 is 0.488 bits per heavy atom. The third-order valence-electron chi connectivity index (χ3n) is 7.08. The predicted octanol–water partition coefficient (Wildman–Crippen LogP) is 9.32. The first-order valence-corrected chi connectivity index (χ1v) is 15.3. The van der Waals surface area contributed by atoms with Crippen LogP contribution in [0, 0.1) is 62.3 Å². The van der Waals surface area contributed by atoms with Crippen molar-refractivity contribution in [2.75, 3.05) is 0 Å². The van der Waals surface area contributed by atoms with Gasteiger partial charge in [0.05, 0.1) is 7.92 Å². The highest BCUT2D eigenvalue weighted by molar-refractivity contribution is 7.96. The Kier molecular flexibility index (Phi) is 10.6. The van der Waals surface area contributed by atoms with Crippen molar-refractivity contribution in [1.29, 1.82) is 0 Å². The van der Waals surface area contributed by atoms with Gasteiger partial charge in [0.25, 0.3) is 5.24 Å². The first kappa shape index (κ1) is 32.1. The number of rotatable bonds is 6. The number of carbonyl (C=O) groups is 3. The molecule has 5 heteroatoms. The van der Waals surface area contributed by atoms with E-state index in [9.17, 15) is 14.4 Å². The van der Waals surface area contributed by atoms with Gasteiger partial charge in [-0.3, -0.25) is 14.4 Å². The van der Waals surface area contributed by atoms with E-state index in [0.717, 1.165) is 55.4 Å². The molecule has 0 atom stereocenters. The van der Waals surface area contributed by atoms with E-state index in [0.29, 0.717) is 16.7 Å². The van der Waals surface area contributed by atoms with Crippen molar-refractivity contribution in [3.05, 3.63) is 133 Å². The Morgan fingerprint density at radius 3 is 1.07 bits per heavy atom. The van der Waals surface area contributed by atoms with Crippen molar-refractivity contribution in [3.63, 3.8) is 0 Å². The zero-order chi connectivity index (χ0) is 30.6. The van der Waals surface area contributed by atoms with Gasteiger partial charge in [-0.15, -0.1) is 0 Å². The summed E-state index contributed by atoms with van der Waals surface area (Å²) >= 11 is 5.43. The molecule has 0 saturated heterocycles. The maximum Gasteiger partial charge on any atom is 0.252 e. The lowest BCUT2D eigenvalue weighted by Gasteiger charge is -2.21. The Labute approximate surface area is 250 Å². The highest BCUT2D eigenvalue weighted by Crippen LogP contribution is 2.45. The Balaban J connectivity index is 0.000000322. The minimum Gasteiger partial charge on any atom is -0.288 e. The molecule has 0 heterocycles. The largest absolute Gasteiger partial charge is 0.288 e. The fourth-order valence-corrected chi connectivity index (χ4v) is 8.23.